The van der Waals surface area contributed by atoms with Crippen LogP contribution < -0.4 is 16.4 Å². The van der Waals surface area contributed by atoms with E-state index in [1.807, 2.05) is 60.8 Å². The molecule has 0 aliphatic carbocycles. The molecular weight excluding hydrogens is 336 g/mol. The fraction of sp³-hybridized carbons (Fsp3) is 0.0952. The fourth-order valence-electron chi connectivity index (χ4n) is 2.59. The summed E-state index contributed by atoms with van der Waals surface area (Å²) >= 11 is 0. The smallest absolute Gasteiger partial charge is 0.132 e. The number of benzene rings is 2. The molecule has 0 bridgehead atoms. The summed E-state index contributed by atoms with van der Waals surface area (Å²) < 4.78 is 0. The first-order chi connectivity index (χ1) is 13.4. The summed E-state index contributed by atoms with van der Waals surface area (Å²) in [6.07, 6.45) is 4.55. The molecule has 0 aliphatic heterocycles. The number of pyridine rings is 1. The highest BCUT2D eigenvalue weighted by Crippen LogP contribution is 2.29. The topological polar surface area (TPSA) is 87.7 Å². The summed E-state index contributed by atoms with van der Waals surface area (Å²) in [4.78, 5) is 12.5. The Labute approximate surface area is 161 Å². The van der Waals surface area contributed by atoms with Crippen molar-refractivity contribution in [1.29, 1.82) is 0 Å². The third kappa shape index (κ3) is 5.40. The maximum absolute atomic E-state index is 5.19. The second kappa shape index (κ2) is 9.72. The van der Waals surface area contributed by atoms with Gasteiger partial charge >= 0.3 is 0 Å². The van der Waals surface area contributed by atoms with Gasteiger partial charge in [0.1, 0.15) is 12.2 Å². The first-order valence-electron chi connectivity index (χ1n) is 8.70. The SMILES string of the molecule is NC=NC=NCCNc1cc(Nc2ccccc2)ncc1-c1ccccc1.[HH].[HH]. The minimum atomic E-state index is 0. The summed E-state index contributed by atoms with van der Waals surface area (Å²) in [5.41, 5.74) is 9.32. The molecule has 27 heavy (non-hydrogen) atoms. The molecule has 3 aromatic rings. The van der Waals surface area contributed by atoms with E-state index in [0.29, 0.717) is 13.1 Å². The standard InChI is InChI=1S/C21H22N6.2H2/c22-15-24-16-23-11-12-25-20-13-21(27-18-9-5-2-6-10-18)26-14-19(20)17-7-3-1-4-8-17;;/h1-10,13-16H,11-12H2,(H2,22,23,24)(H2,25,26,27);2*1H. The van der Waals surface area contributed by atoms with Crippen LogP contribution in [0.15, 0.2) is 82.9 Å². The maximum Gasteiger partial charge on any atom is 0.132 e. The number of nitrogens with two attached hydrogens (primary N) is 1. The van der Waals surface area contributed by atoms with Crippen molar-refractivity contribution in [3.63, 3.8) is 0 Å². The van der Waals surface area contributed by atoms with Crippen molar-refractivity contribution in [2.75, 3.05) is 23.7 Å². The fourth-order valence-corrected chi connectivity index (χ4v) is 2.59. The number of hydrogen-bond donors (Lipinski definition) is 3. The number of hydrogen-bond acceptors (Lipinski definition) is 4. The molecule has 0 radical (unpaired) electrons. The molecule has 6 nitrogen and oxygen atoms in total. The second-order valence-electron chi connectivity index (χ2n) is 5.72. The Morgan fingerprint density at radius 1 is 1.04 bits per heavy atom. The van der Waals surface area contributed by atoms with Gasteiger partial charge in [0.15, 0.2) is 0 Å². The number of rotatable bonds is 8. The highest BCUT2D eigenvalue weighted by molar-refractivity contribution is 5.79. The number of aliphatic imine (C=N–C) groups is 2. The molecule has 3 rings (SSSR count). The van der Waals surface area contributed by atoms with Crippen LogP contribution in [-0.2, 0) is 0 Å². The van der Waals surface area contributed by atoms with E-state index < -0.39 is 0 Å². The molecule has 6 heteroatoms. The van der Waals surface area contributed by atoms with Crippen molar-refractivity contribution in [3.05, 3.63) is 72.9 Å². The molecule has 0 amide bonds. The number of aromatic nitrogens is 1. The monoisotopic (exact) mass is 362 g/mol. The summed E-state index contributed by atoms with van der Waals surface area (Å²) in [7, 11) is 0. The largest absolute Gasteiger partial charge is 0.390 e. The zero-order chi connectivity index (χ0) is 18.7. The lowest BCUT2D eigenvalue weighted by atomic mass is 10.1. The van der Waals surface area contributed by atoms with Gasteiger partial charge in [-0.2, -0.15) is 0 Å². The van der Waals surface area contributed by atoms with E-state index in [9.17, 15) is 0 Å². The van der Waals surface area contributed by atoms with Gasteiger partial charge < -0.3 is 16.4 Å². The van der Waals surface area contributed by atoms with Crippen LogP contribution in [0.5, 0.6) is 0 Å². The Kier molecular flexibility index (Phi) is 6.53. The molecule has 0 fully saturated rings. The predicted molar refractivity (Wildman–Crippen MR) is 118 cm³/mol. The molecule has 2 aromatic carbocycles. The van der Waals surface area contributed by atoms with Gasteiger partial charge in [0.2, 0.25) is 0 Å². The van der Waals surface area contributed by atoms with E-state index in [0.717, 1.165) is 28.3 Å². The molecule has 0 saturated heterocycles. The third-order valence-corrected chi connectivity index (χ3v) is 3.83. The number of anilines is 3. The van der Waals surface area contributed by atoms with Crippen molar-refractivity contribution in [3.8, 4) is 11.1 Å². The highest BCUT2D eigenvalue weighted by atomic mass is 15.0. The molecule has 0 saturated carbocycles. The first kappa shape index (κ1) is 18.1. The van der Waals surface area contributed by atoms with Crippen LogP contribution in [0.1, 0.15) is 2.85 Å². The second-order valence-corrected chi connectivity index (χ2v) is 5.72. The lowest BCUT2D eigenvalue weighted by Crippen LogP contribution is -2.07. The van der Waals surface area contributed by atoms with E-state index in [1.54, 1.807) is 0 Å². The number of para-hydroxylation sites is 1. The molecular formula is C21H26N6. The number of nitrogens with one attached hydrogen (secondary N) is 2. The lowest BCUT2D eigenvalue weighted by Gasteiger charge is -2.14. The van der Waals surface area contributed by atoms with E-state index in [-0.39, 0.29) is 2.85 Å². The normalized spacial score (nSPS) is 11.1. The van der Waals surface area contributed by atoms with Gasteiger partial charge in [-0.3, -0.25) is 4.99 Å². The van der Waals surface area contributed by atoms with Crippen LogP contribution in [0.4, 0.5) is 17.2 Å². The zero-order valence-corrected chi connectivity index (χ0v) is 14.9. The van der Waals surface area contributed by atoms with Crippen molar-refractivity contribution in [2.45, 2.75) is 0 Å². The van der Waals surface area contributed by atoms with Gasteiger partial charge in [-0.25, -0.2) is 9.98 Å². The molecule has 1 aromatic heterocycles. The van der Waals surface area contributed by atoms with Crippen LogP contribution in [0.3, 0.4) is 0 Å². The van der Waals surface area contributed by atoms with Crippen LogP contribution >= 0.6 is 0 Å². The Bertz CT molecular complexity index is 902. The maximum atomic E-state index is 5.19. The summed E-state index contributed by atoms with van der Waals surface area (Å²) in [5.74, 6) is 0.777. The van der Waals surface area contributed by atoms with Crippen molar-refractivity contribution >= 4 is 29.9 Å². The van der Waals surface area contributed by atoms with Gasteiger partial charge in [-0.05, 0) is 17.7 Å². The first-order valence-corrected chi connectivity index (χ1v) is 8.70. The zero-order valence-electron chi connectivity index (χ0n) is 14.9. The molecule has 4 N–H and O–H groups in total. The van der Waals surface area contributed by atoms with Gasteiger partial charge in [-0.15, -0.1) is 0 Å². The Morgan fingerprint density at radius 2 is 1.78 bits per heavy atom. The van der Waals surface area contributed by atoms with E-state index in [2.05, 4.69) is 37.7 Å². The quantitative estimate of drug-likeness (QED) is 0.315. The molecule has 1 heterocycles. The Morgan fingerprint density at radius 3 is 2.52 bits per heavy atom. The third-order valence-electron chi connectivity index (χ3n) is 3.83. The molecule has 0 atom stereocenters. The average Bonchev–Trinajstić information content (AvgIpc) is 2.72. The molecule has 0 aliphatic rings. The molecule has 0 unspecified atom stereocenters. The van der Waals surface area contributed by atoms with Crippen LogP contribution in [-0.4, -0.2) is 30.8 Å². The van der Waals surface area contributed by atoms with Gasteiger partial charge in [0.25, 0.3) is 0 Å². The summed E-state index contributed by atoms with van der Waals surface area (Å²) in [6.45, 7) is 1.26. The van der Waals surface area contributed by atoms with Crippen molar-refractivity contribution in [2.24, 2.45) is 15.7 Å². The van der Waals surface area contributed by atoms with Crippen LogP contribution in [0.2, 0.25) is 0 Å². The van der Waals surface area contributed by atoms with Gasteiger partial charge in [0.05, 0.1) is 12.9 Å². The molecule has 140 valence electrons. The van der Waals surface area contributed by atoms with Gasteiger partial charge in [0, 0.05) is 38.6 Å². The van der Waals surface area contributed by atoms with Gasteiger partial charge in [-0.1, -0.05) is 48.5 Å². The van der Waals surface area contributed by atoms with Crippen molar-refractivity contribution in [1.82, 2.24) is 4.98 Å². The minimum Gasteiger partial charge on any atom is -0.390 e. The highest BCUT2D eigenvalue weighted by Gasteiger charge is 2.07. The van der Waals surface area contributed by atoms with E-state index >= 15 is 0 Å². The summed E-state index contributed by atoms with van der Waals surface area (Å²) in [6, 6.07) is 22.2. The minimum absolute atomic E-state index is 0. The Hall–Kier alpha value is -3.67. The van der Waals surface area contributed by atoms with Crippen LogP contribution in [0.25, 0.3) is 11.1 Å². The van der Waals surface area contributed by atoms with E-state index in [4.69, 9.17) is 5.73 Å². The van der Waals surface area contributed by atoms with Crippen molar-refractivity contribution < 1.29 is 2.85 Å². The average molecular weight is 362 g/mol. The van der Waals surface area contributed by atoms with Crippen LogP contribution in [0, 0.1) is 0 Å². The van der Waals surface area contributed by atoms with E-state index in [1.165, 1.54) is 12.7 Å². The predicted octanol–water partition coefficient (Wildman–Crippen LogP) is 4.41. The summed E-state index contributed by atoms with van der Waals surface area (Å²) in [5, 5.41) is 6.77. The molecule has 0 spiro atoms. The lowest BCUT2D eigenvalue weighted by molar-refractivity contribution is 1.03. The number of nitrogens with zero attached hydrogens (tertiary/aromatic N) is 3. The Balaban J connectivity index is 0.00000210.